The molecule has 0 spiro atoms. The zero-order chi connectivity index (χ0) is 11.0. The third-order valence-electron chi connectivity index (χ3n) is 1.78. The molecule has 2 rings (SSSR count). The average molecular weight is 275 g/mol. The van der Waals surface area contributed by atoms with Crippen LogP contribution in [0.1, 0.15) is 0 Å². The first-order valence-electron chi connectivity index (χ1n) is 3.91. The van der Waals surface area contributed by atoms with Crippen molar-refractivity contribution in [3.8, 4) is 11.4 Å². The number of aromatic nitrogens is 3. The van der Waals surface area contributed by atoms with E-state index in [9.17, 15) is 8.78 Å². The molecule has 2 aromatic rings. The van der Waals surface area contributed by atoms with E-state index in [0.717, 1.165) is 12.1 Å². The summed E-state index contributed by atoms with van der Waals surface area (Å²) in [5.74, 6) is -1.14. The molecule has 3 N–H and O–H groups in total. The third-order valence-corrected chi connectivity index (χ3v) is 2.56. The van der Waals surface area contributed by atoms with E-state index in [1.165, 1.54) is 0 Å². The second kappa shape index (κ2) is 3.58. The summed E-state index contributed by atoms with van der Waals surface area (Å²) in [7, 11) is 0. The van der Waals surface area contributed by atoms with Crippen LogP contribution in [0.3, 0.4) is 0 Å². The molecule has 0 bridgehead atoms. The summed E-state index contributed by atoms with van der Waals surface area (Å²) in [6.45, 7) is 0. The van der Waals surface area contributed by atoms with Crippen LogP contribution in [0.2, 0.25) is 0 Å². The van der Waals surface area contributed by atoms with Gasteiger partial charge in [0.1, 0.15) is 11.6 Å². The van der Waals surface area contributed by atoms with E-state index in [-0.39, 0.29) is 21.8 Å². The minimum atomic E-state index is -0.612. The molecular weight excluding hydrogens is 270 g/mol. The number of nitrogens with one attached hydrogen (secondary N) is 1. The summed E-state index contributed by atoms with van der Waals surface area (Å²) in [6.07, 6.45) is 0. The fourth-order valence-corrected chi connectivity index (χ4v) is 1.64. The van der Waals surface area contributed by atoms with Crippen LogP contribution in [-0.4, -0.2) is 15.2 Å². The maximum absolute atomic E-state index is 13.4. The number of aromatic amines is 1. The summed E-state index contributed by atoms with van der Waals surface area (Å²) in [6, 6.07) is 2.02. The van der Waals surface area contributed by atoms with Gasteiger partial charge in [0.15, 0.2) is 5.82 Å². The predicted octanol–water partition coefficient (Wildman–Crippen LogP) is 2.09. The van der Waals surface area contributed by atoms with Crippen LogP contribution in [0.25, 0.3) is 11.4 Å². The molecule has 0 aliphatic heterocycles. The van der Waals surface area contributed by atoms with E-state index < -0.39 is 11.6 Å². The molecule has 0 saturated carbocycles. The number of benzene rings is 1. The van der Waals surface area contributed by atoms with Crippen LogP contribution in [0, 0.1) is 11.6 Å². The van der Waals surface area contributed by atoms with E-state index in [0.29, 0.717) is 0 Å². The summed E-state index contributed by atoms with van der Waals surface area (Å²) < 4.78 is 26.5. The van der Waals surface area contributed by atoms with Crippen molar-refractivity contribution in [3.63, 3.8) is 0 Å². The number of halogens is 3. The first kappa shape index (κ1) is 10.0. The Hall–Kier alpha value is -1.50. The van der Waals surface area contributed by atoms with E-state index in [4.69, 9.17) is 5.73 Å². The Morgan fingerprint density at radius 2 is 1.93 bits per heavy atom. The van der Waals surface area contributed by atoms with Gasteiger partial charge in [-0.25, -0.2) is 8.78 Å². The van der Waals surface area contributed by atoms with Gasteiger partial charge in [-0.1, -0.05) is 0 Å². The zero-order valence-electron chi connectivity index (χ0n) is 7.26. The monoisotopic (exact) mass is 274 g/mol. The summed E-state index contributed by atoms with van der Waals surface area (Å²) in [5.41, 5.74) is 5.24. The number of rotatable bonds is 1. The highest BCUT2D eigenvalue weighted by molar-refractivity contribution is 9.10. The molecular formula is C8H5BrF2N4. The molecule has 0 amide bonds. The van der Waals surface area contributed by atoms with Gasteiger partial charge in [0.25, 0.3) is 0 Å². The second-order valence-corrected chi connectivity index (χ2v) is 3.55. The van der Waals surface area contributed by atoms with Crippen LogP contribution < -0.4 is 5.73 Å². The Kier molecular flexibility index (Phi) is 2.39. The minimum absolute atomic E-state index is 0.0151. The van der Waals surface area contributed by atoms with Gasteiger partial charge in [-0.3, -0.25) is 5.10 Å². The van der Waals surface area contributed by atoms with Crippen molar-refractivity contribution < 1.29 is 8.78 Å². The second-order valence-electron chi connectivity index (χ2n) is 2.76. The van der Waals surface area contributed by atoms with Crippen molar-refractivity contribution in [1.82, 2.24) is 15.2 Å². The highest BCUT2D eigenvalue weighted by Crippen LogP contribution is 2.30. The van der Waals surface area contributed by atoms with E-state index >= 15 is 0 Å². The number of hydrogen-bond donors (Lipinski definition) is 2. The standard InChI is InChI=1S/C8H5BrF2N4/c9-6-4(11)2-1-3(10)5(6)7-13-8(12)15-14-7/h1-2H,(H3,12,13,14,15). The number of H-pyrrole nitrogens is 1. The molecule has 1 aromatic heterocycles. The molecule has 15 heavy (non-hydrogen) atoms. The Labute approximate surface area is 91.6 Å². The topological polar surface area (TPSA) is 67.6 Å². The summed E-state index contributed by atoms with van der Waals surface area (Å²) >= 11 is 2.93. The lowest BCUT2D eigenvalue weighted by Crippen LogP contribution is -1.92. The van der Waals surface area contributed by atoms with Crippen molar-refractivity contribution >= 4 is 21.9 Å². The highest BCUT2D eigenvalue weighted by Gasteiger charge is 2.16. The van der Waals surface area contributed by atoms with Gasteiger partial charge in [-0.15, -0.1) is 5.10 Å². The number of anilines is 1. The molecule has 0 aliphatic carbocycles. The molecule has 7 heteroatoms. The van der Waals surface area contributed by atoms with E-state index in [1.807, 2.05) is 0 Å². The summed E-state index contributed by atoms with van der Waals surface area (Å²) in [5, 5.41) is 5.94. The van der Waals surface area contributed by atoms with Crippen molar-refractivity contribution in [1.29, 1.82) is 0 Å². The Morgan fingerprint density at radius 3 is 2.53 bits per heavy atom. The molecule has 0 saturated heterocycles. The molecule has 1 heterocycles. The first-order valence-corrected chi connectivity index (χ1v) is 4.70. The lowest BCUT2D eigenvalue weighted by Gasteiger charge is -2.02. The van der Waals surface area contributed by atoms with Crippen LogP contribution in [-0.2, 0) is 0 Å². The quantitative estimate of drug-likeness (QED) is 0.783. The van der Waals surface area contributed by atoms with Crippen LogP contribution in [0.15, 0.2) is 16.6 Å². The lowest BCUT2D eigenvalue weighted by molar-refractivity contribution is 0.596. The van der Waals surface area contributed by atoms with Crippen molar-refractivity contribution in [2.75, 3.05) is 5.73 Å². The number of nitrogen functional groups attached to an aromatic ring is 1. The molecule has 1 aromatic carbocycles. The molecule has 4 nitrogen and oxygen atoms in total. The first-order chi connectivity index (χ1) is 7.09. The predicted molar refractivity (Wildman–Crippen MR) is 53.8 cm³/mol. The van der Waals surface area contributed by atoms with Crippen LogP contribution in [0.5, 0.6) is 0 Å². The third kappa shape index (κ3) is 1.70. The largest absolute Gasteiger partial charge is 0.366 e. The van der Waals surface area contributed by atoms with Crippen LogP contribution in [0.4, 0.5) is 14.7 Å². The maximum atomic E-state index is 13.4. The van der Waals surface area contributed by atoms with Crippen molar-refractivity contribution in [2.45, 2.75) is 0 Å². The SMILES string of the molecule is Nc1n[nH]c(-c2c(F)ccc(F)c2Br)n1. The van der Waals surface area contributed by atoms with Gasteiger partial charge in [-0.2, -0.15) is 4.98 Å². The number of nitrogens with two attached hydrogens (primary N) is 1. The average Bonchev–Trinajstić information content (AvgIpc) is 2.59. The molecule has 0 radical (unpaired) electrons. The number of nitrogens with zero attached hydrogens (tertiary/aromatic N) is 2. The van der Waals surface area contributed by atoms with Gasteiger partial charge in [0.05, 0.1) is 10.0 Å². The maximum Gasteiger partial charge on any atom is 0.239 e. The Morgan fingerprint density at radius 1 is 1.27 bits per heavy atom. The fourth-order valence-electron chi connectivity index (χ4n) is 1.13. The van der Waals surface area contributed by atoms with Crippen molar-refractivity contribution in [2.24, 2.45) is 0 Å². The normalized spacial score (nSPS) is 10.6. The Bertz CT molecular complexity index is 511. The molecule has 0 unspecified atom stereocenters. The van der Waals surface area contributed by atoms with Gasteiger partial charge >= 0.3 is 0 Å². The van der Waals surface area contributed by atoms with Gasteiger partial charge in [0.2, 0.25) is 5.95 Å². The molecule has 0 atom stereocenters. The van der Waals surface area contributed by atoms with Gasteiger partial charge < -0.3 is 5.73 Å². The van der Waals surface area contributed by atoms with E-state index in [1.54, 1.807) is 0 Å². The Balaban J connectivity index is 2.66. The molecule has 0 fully saturated rings. The molecule has 0 aliphatic rings. The van der Waals surface area contributed by atoms with Crippen LogP contribution >= 0.6 is 15.9 Å². The van der Waals surface area contributed by atoms with Gasteiger partial charge in [-0.05, 0) is 28.1 Å². The zero-order valence-corrected chi connectivity index (χ0v) is 8.85. The van der Waals surface area contributed by atoms with E-state index in [2.05, 4.69) is 31.1 Å². The van der Waals surface area contributed by atoms with Gasteiger partial charge in [0, 0.05) is 0 Å². The highest BCUT2D eigenvalue weighted by atomic mass is 79.9. The molecule has 78 valence electrons. The smallest absolute Gasteiger partial charge is 0.239 e. The minimum Gasteiger partial charge on any atom is -0.366 e. The van der Waals surface area contributed by atoms with Crippen molar-refractivity contribution in [3.05, 3.63) is 28.2 Å². The number of hydrogen-bond acceptors (Lipinski definition) is 3. The summed E-state index contributed by atoms with van der Waals surface area (Å²) in [4.78, 5) is 3.72. The lowest BCUT2D eigenvalue weighted by atomic mass is 10.2. The fraction of sp³-hybridized carbons (Fsp3) is 0.